The molecule has 1 unspecified atom stereocenters. The topological polar surface area (TPSA) is 67.5 Å². The predicted molar refractivity (Wildman–Crippen MR) is 71.3 cm³/mol. The number of aryl methyl sites for hydroxylation is 1. The number of fused-ring (bicyclic) bond motifs is 1. The van der Waals surface area contributed by atoms with Crippen LogP contribution >= 0.6 is 0 Å². The lowest BCUT2D eigenvalue weighted by Crippen LogP contribution is -2.40. The largest absolute Gasteiger partial charge is 0.467 e. The van der Waals surface area contributed by atoms with Gasteiger partial charge in [0.1, 0.15) is 12.4 Å². The van der Waals surface area contributed by atoms with Gasteiger partial charge in [0, 0.05) is 6.08 Å². The second kappa shape index (κ2) is 4.08. The Kier molecular flexibility index (Phi) is 2.62. The normalized spacial score (nSPS) is 26.5. The van der Waals surface area contributed by atoms with Gasteiger partial charge in [0.2, 0.25) is 0 Å². The molecule has 0 fully saturated rings. The molecule has 0 saturated heterocycles. The number of rotatable bonds is 2. The van der Waals surface area contributed by atoms with E-state index in [1.54, 1.807) is 23.9 Å². The molecule has 1 aliphatic rings. The van der Waals surface area contributed by atoms with Crippen molar-refractivity contribution in [2.75, 3.05) is 6.61 Å². The van der Waals surface area contributed by atoms with Gasteiger partial charge in [-0.05, 0) is 25.5 Å². The van der Waals surface area contributed by atoms with E-state index < -0.39 is 11.7 Å². The van der Waals surface area contributed by atoms with Gasteiger partial charge in [-0.3, -0.25) is 4.57 Å². The summed E-state index contributed by atoms with van der Waals surface area (Å²) in [4.78, 5) is 4.36. The molecule has 3 rings (SSSR count). The van der Waals surface area contributed by atoms with E-state index >= 15 is 0 Å². The zero-order chi connectivity index (χ0) is 13.6. The molecule has 1 aromatic heterocycles. The molecular weight excluding hydrogens is 244 g/mol. The summed E-state index contributed by atoms with van der Waals surface area (Å²) < 4.78 is 7.47. The third kappa shape index (κ3) is 1.74. The molecule has 2 atom stereocenters. The van der Waals surface area contributed by atoms with Crippen molar-refractivity contribution < 1.29 is 14.9 Å². The first-order valence-electron chi connectivity index (χ1n) is 6.18. The van der Waals surface area contributed by atoms with E-state index in [0.717, 1.165) is 16.6 Å². The zero-order valence-electron chi connectivity index (χ0n) is 10.9. The minimum atomic E-state index is -0.990. The SMILES string of the molecule is Cc1cccc2c1ncn2C1=C[C@@H](O)C(C)(CO)O1. The summed E-state index contributed by atoms with van der Waals surface area (Å²) in [7, 11) is 0. The Morgan fingerprint density at radius 3 is 2.95 bits per heavy atom. The number of benzene rings is 1. The summed E-state index contributed by atoms with van der Waals surface area (Å²) in [5, 5.41) is 19.3. The lowest BCUT2D eigenvalue weighted by atomic mass is 10.0. The first kappa shape index (κ1) is 12.2. The molecule has 100 valence electrons. The van der Waals surface area contributed by atoms with E-state index in [-0.39, 0.29) is 6.61 Å². The van der Waals surface area contributed by atoms with Crippen LogP contribution in [-0.4, -0.2) is 38.1 Å². The first-order chi connectivity index (χ1) is 9.05. The first-order valence-corrected chi connectivity index (χ1v) is 6.18. The molecule has 0 spiro atoms. The Morgan fingerprint density at radius 2 is 2.26 bits per heavy atom. The summed E-state index contributed by atoms with van der Waals surface area (Å²) in [5.41, 5.74) is 1.91. The Bertz CT molecular complexity index is 662. The number of para-hydroxylation sites is 1. The van der Waals surface area contributed by atoms with Gasteiger partial charge in [-0.2, -0.15) is 0 Å². The highest BCUT2D eigenvalue weighted by Crippen LogP contribution is 2.32. The van der Waals surface area contributed by atoms with E-state index in [9.17, 15) is 10.2 Å². The average molecular weight is 260 g/mol. The molecular formula is C14H16N2O3. The monoisotopic (exact) mass is 260 g/mol. The van der Waals surface area contributed by atoms with Crippen LogP contribution < -0.4 is 0 Å². The quantitative estimate of drug-likeness (QED) is 0.853. The fourth-order valence-electron chi connectivity index (χ4n) is 2.26. The minimum absolute atomic E-state index is 0.250. The molecule has 1 aromatic carbocycles. The summed E-state index contributed by atoms with van der Waals surface area (Å²) >= 11 is 0. The van der Waals surface area contributed by atoms with Gasteiger partial charge in [0.25, 0.3) is 0 Å². The number of aromatic nitrogens is 2. The zero-order valence-corrected chi connectivity index (χ0v) is 10.9. The number of hydrogen-bond acceptors (Lipinski definition) is 4. The fraction of sp³-hybridized carbons (Fsp3) is 0.357. The van der Waals surface area contributed by atoms with Gasteiger partial charge in [-0.1, -0.05) is 12.1 Å². The maximum absolute atomic E-state index is 9.95. The summed E-state index contributed by atoms with van der Waals surface area (Å²) in [5.74, 6) is 0.497. The average Bonchev–Trinajstić information content (AvgIpc) is 2.94. The molecule has 2 heterocycles. The van der Waals surface area contributed by atoms with Crippen molar-refractivity contribution in [3.05, 3.63) is 36.2 Å². The lowest BCUT2D eigenvalue weighted by Gasteiger charge is -2.25. The third-order valence-electron chi connectivity index (χ3n) is 3.59. The second-order valence-corrected chi connectivity index (χ2v) is 5.08. The lowest BCUT2D eigenvalue weighted by molar-refractivity contribution is -0.0552. The van der Waals surface area contributed by atoms with Gasteiger partial charge < -0.3 is 14.9 Å². The Morgan fingerprint density at radius 1 is 1.47 bits per heavy atom. The van der Waals surface area contributed by atoms with Crippen molar-refractivity contribution >= 4 is 16.9 Å². The number of aliphatic hydroxyl groups excluding tert-OH is 2. The number of imidazole rings is 1. The van der Waals surface area contributed by atoms with Crippen LogP contribution in [0.15, 0.2) is 30.6 Å². The molecule has 0 amide bonds. The summed E-state index contributed by atoms with van der Waals surface area (Å²) in [6.07, 6.45) is 2.42. The van der Waals surface area contributed by atoms with Crippen LogP contribution in [0, 0.1) is 6.92 Å². The Labute approximate surface area is 110 Å². The molecule has 0 radical (unpaired) electrons. The van der Waals surface area contributed by atoms with Crippen LogP contribution in [0.1, 0.15) is 12.5 Å². The fourth-order valence-corrected chi connectivity index (χ4v) is 2.26. The molecule has 2 N–H and O–H groups in total. The van der Waals surface area contributed by atoms with E-state index in [1.807, 2.05) is 25.1 Å². The van der Waals surface area contributed by atoms with E-state index in [4.69, 9.17) is 4.74 Å². The van der Waals surface area contributed by atoms with Crippen LogP contribution in [0.25, 0.3) is 16.9 Å². The van der Waals surface area contributed by atoms with Crippen molar-refractivity contribution in [2.24, 2.45) is 0 Å². The van der Waals surface area contributed by atoms with Crippen molar-refractivity contribution in [2.45, 2.75) is 25.6 Å². The standard InChI is InChI=1S/C14H16N2O3/c1-9-4-3-5-10-13(9)15-8-16(10)12-6-11(18)14(2,7-17)19-12/h3-6,8,11,17-18H,7H2,1-2H3/t11-,14?/m1/s1. The van der Waals surface area contributed by atoms with Crippen molar-refractivity contribution in [3.8, 4) is 0 Å². The van der Waals surface area contributed by atoms with E-state index in [2.05, 4.69) is 4.98 Å². The van der Waals surface area contributed by atoms with Gasteiger partial charge >= 0.3 is 0 Å². The summed E-state index contributed by atoms with van der Waals surface area (Å²) in [6, 6.07) is 5.89. The molecule has 5 nitrogen and oxygen atoms in total. The highest BCUT2D eigenvalue weighted by Gasteiger charge is 2.40. The number of hydrogen-bond donors (Lipinski definition) is 2. The van der Waals surface area contributed by atoms with Crippen LogP contribution in [-0.2, 0) is 4.74 Å². The summed E-state index contributed by atoms with van der Waals surface area (Å²) in [6.45, 7) is 3.42. The van der Waals surface area contributed by atoms with Gasteiger partial charge in [-0.25, -0.2) is 4.98 Å². The van der Waals surface area contributed by atoms with Crippen LogP contribution in [0.5, 0.6) is 0 Å². The van der Waals surface area contributed by atoms with Crippen molar-refractivity contribution in [3.63, 3.8) is 0 Å². The van der Waals surface area contributed by atoms with Crippen LogP contribution in [0.2, 0.25) is 0 Å². The maximum atomic E-state index is 9.95. The maximum Gasteiger partial charge on any atom is 0.198 e. The number of nitrogens with zero attached hydrogens (tertiary/aromatic N) is 2. The molecule has 1 aliphatic heterocycles. The molecule has 19 heavy (non-hydrogen) atoms. The van der Waals surface area contributed by atoms with Gasteiger partial charge in [0.15, 0.2) is 11.5 Å². The predicted octanol–water partition coefficient (Wildman–Crippen LogP) is 1.29. The molecule has 2 aromatic rings. The van der Waals surface area contributed by atoms with Crippen molar-refractivity contribution in [1.82, 2.24) is 9.55 Å². The molecule has 0 bridgehead atoms. The molecule has 0 saturated carbocycles. The third-order valence-corrected chi connectivity index (χ3v) is 3.59. The van der Waals surface area contributed by atoms with E-state index in [0.29, 0.717) is 5.88 Å². The highest BCUT2D eigenvalue weighted by atomic mass is 16.5. The van der Waals surface area contributed by atoms with Crippen LogP contribution in [0.4, 0.5) is 0 Å². The number of aliphatic hydroxyl groups is 2. The van der Waals surface area contributed by atoms with Gasteiger partial charge in [0.05, 0.1) is 17.6 Å². The molecule has 5 heteroatoms. The second-order valence-electron chi connectivity index (χ2n) is 5.08. The minimum Gasteiger partial charge on any atom is -0.467 e. The van der Waals surface area contributed by atoms with E-state index in [1.165, 1.54) is 0 Å². The Hall–Kier alpha value is -1.85. The van der Waals surface area contributed by atoms with Crippen molar-refractivity contribution in [1.29, 1.82) is 0 Å². The highest BCUT2D eigenvalue weighted by molar-refractivity contribution is 5.81. The van der Waals surface area contributed by atoms with Crippen LogP contribution in [0.3, 0.4) is 0 Å². The Balaban J connectivity index is 2.08. The smallest absolute Gasteiger partial charge is 0.198 e. The van der Waals surface area contributed by atoms with Gasteiger partial charge in [-0.15, -0.1) is 0 Å². The molecule has 0 aliphatic carbocycles. The number of ether oxygens (including phenoxy) is 1.